The molecule has 1 unspecified atom stereocenters. The van der Waals surface area contributed by atoms with Gasteiger partial charge in [0.2, 0.25) is 0 Å². The van der Waals surface area contributed by atoms with Crippen LogP contribution in [0.25, 0.3) is 11.0 Å². The molecule has 5 rings (SSSR count). The number of nitro benzene ring substituents is 1. The molecule has 33 heavy (non-hydrogen) atoms. The number of pyridine rings is 1. The standard InChI is InChI=1S/C21H17N9O2S/c1-28-13-23-26-21(28)33-18-10-9-14(12-17(18)30(31)32)20(24-19-8-4-5-11-22-19)29-16-7-3-2-6-15(16)25-27-29/h2-13,20H,1H3,(H,22,24). The third-order valence-corrected chi connectivity index (χ3v) is 6.06. The van der Waals surface area contributed by atoms with Crippen molar-refractivity contribution < 1.29 is 4.92 Å². The molecule has 2 aromatic carbocycles. The quantitative estimate of drug-likeness (QED) is 0.286. The van der Waals surface area contributed by atoms with Gasteiger partial charge in [-0.1, -0.05) is 29.5 Å². The molecule has 5 aromatic rings. The van der Waals surface area contributed by atoms with Crippen LogP contribution in [0.1, 0.15) is 11.7 Å². The van der Waals surface area contributed by atoms with Crippen LogP contribution < -0.4 is 5.32 Å². The maximum Gasteiger partial charge on any atom is 0.283 e. The monoisotopic (exact) mass is 459 g/mol. The van der Waals surface area contributed by atoms with E-state index in [0.29, 0.717) is 26.9 Å². The number of anilines is 1. The third kappa shape index (κ3) is 4.11. The number of rotatable bonds is 7. The smallest absolute Gasteiger partial charge is 0.283 e. The minimum Gasteiger partial charge on any atom is -0.345 e. The Kier molecular flexibility index (Phi) is 5.40. The molecule has 0 saturated heterocycles. The minimum absolute atomic E-state index is 0.0438. The van der Waals surface area contributed by atoms with E-state index >= 15 is 0 Å². The number of nitro groups is 1. The summed E-state index contributed by atoms with van der Waals surface area (Å²) in [7, 11) is 1.78. The topological polar surface area (TPSA) is 129 Å². The first kappa shape index (κ1) is 20.6. The molecule has 1 atom stereocenters. The number of aromatic nitrogens is 7. The summed E-state index contributed by atoms with van der Waals surface area (Å²) >= 11 is 1.18. The molecule has 3 aromatic heterocycles. The lowest BCUT2D eigenvalue weighted by Gasteiger charge is -2.21. The second-order valence-corrected chi connectivity index (χ2v) is 8.10. The summed E-state index contributed by atoms with van der Waals surface area (Å²) in [6, 6.07) is 18.1. The number of fused-ring (bicyclic) bond motifs is 1. The Hall–Kier alpha value is -4.32. The first-order valence-corrected chi connectivity index (χ1v) is 10.7. The Morgan fingerprint density at radius 1 is 1.09 bits per heavy atom. The van der Waals surface area contributed by atoms with Crippen molar-refractivity contribution in [2.75, 3.05) is 5.32 Å². The molecule has 12 heteroatoms. The van der Waals surface area contributed by atoms with Crippen LogP contribution >= 0.6 is 11.8 Å². The number of nitrogens with zero attached hydrogens (tertiary/aromatic N) is 8. The molecule has 0 fully saturated rings. The molecule has 0 aliphatic carbocycles. The normalized spacial score (nSPS) is 12.0. The van der Waals surface area contributed by atoms with Gasteiger partial charge in [-0.25, -0.2) is 9.67 Å². The zero-order valence-corrected chi connectivity index (χ0v) is 18.1. The van der Waals surface area contributed by atoms with E-state index in [1.165, 1.54) is 17.8 Å². The molecular weight excluding hydrogens is 442 g/mol. The molecule has 11 nitrogen and oxygen atoms in total. The highest BCUT2D eigenvalue weighted by molar-refractivity contribution is 7.99. The van der Waals surface area contributed by atoms with E-state index in [-0.39, 0.29) is 5.69 Å². The van der Waals surface area contributed by atoms with Crippen LogP contribution in [0.2, 0.25) is 0 Å². The van der Waals surface area contributed by atoms with Crippen LogP contribution in [0, 0.1) is 10.1 Å². The van der Waals surface area contributed by atoms with Gasteiger partial charge in [0.25, 0.3) is 5.69 Å². The van der Waals surface area contributed by atoms with Crippen molar-refractivity contribution in [1.29, 1.82) is 0 Å². The summed E-state index contributed by atoms with van der Waals surface area (Å²) in [6.07, 6.45) is 2.63. The van der Waals surface area contributed by atoms with Crippen molar-refractivity contribution in [2.45, 2.75) is 16.2 Å². The van der Waals surface area contributed by atoms with Crippen molar-refractivity contribution in [3.63, 3.8) is 0 Å². The highest BCUT2D eigenvalue weighted by Crippen LogP contribution is 2.36. The molecule has 0 bridgehead atoms. The maximum atomic E-state index is 11.9. The van der Waals surface area contributed by atoms with Gasteiger partial charge < -0.3 is 9.88 Å². The lowest BCUT2D eigenvalue weighted by Crippen LogP contribution is -2.21. The Labute approximate surface area is 191 Å². The summed E-state index contributed by atoms with van der Waals surface area (Å²) in [6.45, 7) is 0. The van der Waals surface area contributed by atoms with Gasteiger partial charge in [0, 0.05) is 24.9 Å². The van der Waals surface area contributed by atoms with E-state index in [9.17, 15) is 10.1 Å². The van der Waals surface area contributed by atoms with E-state index in [1.807, 2.05) is 48.5 Å². The molecule has 0 amide bonds. The number of hydrogen-bond donors (Lipinski definition) is 1. The summed E-state index contributed by atoms with van der Waals surface area (Å²) in [5, 5.41) is 32.2. The zero-order chi connectivity index (χ0) is 22.8. The molecule has 0 saturated carbocycles. The lowest BCUT2D eigenvalue weighted by atomic mass is 10.1. The van der Waals surface area contributed by atoms with Crippen molar-refractivity contribution in [3.05, 3.63) is 88.9 Å². The first-order valence-electron chi connectivity index (χ1n) is 9.88. The van der Waals surface area contributed by atoms with Crippen molar-refractivity contribution >= 4 is 34.3 Å². The molecule has 3 heterocycles. The van der Waals surface area contributed by atoms with Crippen molar-refractivity contribution in [3.8, 4) is 0 Å². The maximum absolute atomic E-state index is 11.9. The highest BCUT2D eigenvalue weighted by Gasteiger charge is 2.24. The molecule has 164 valence electrons. The summed E-state index contributed by atoms with van der Waals surface area (Å²) in [4.78, 5) is 16.3. The van der Waals surface area contributed by atoms with Crippen molar-refractivity contribution in [2.24, 2.45) is 7.05 Å². The van der Waals surface area contributed by atoms with E-state index in [4.69, 9.17) is 0 Å². The second-order valence-electron chi connectivity index (χ2n) is 7.10. The number of nitrogens with one attached hydrogen (secondary N) is 1. The second kappa shape index (κ2) is 8.67. The number of aryl methyl sites for hydroxylation is 1. The van der Waals surface area contributed by atoms with Gasteiger partial charge in [-0.3, -0.25) is 10.1 Å². The fourth-order valence-electron chi connectivity index (χ4n) is 3.35. The fourth-order valence-corrected chi connectivity index (χ4v) is 4.20. The SMILES string of the molecule is Cn1cnnc1Sc1ccc(C(Nc2ccccn2)n2nnc3ccccc32)cc1[N+](=O)[O-]. The lowest BCUT2D eigenvalue weighted by molar-refractivity contribution is -0.387. The van der Waals surface area contributed by atoms with E-state index in [2.05, 4.69) is 30.8 Å². The number of benzene rings is 2. The van der Waals surface area contributed by atoms with Crippen LogP contribution in [0.15, 0.2) is 83.2 Å². The average molecular weight is 459 g/mol. The molecule has 0 radical (unpaired) electrons. The minimum atomic E-state index is -0.583. The van der Waals surface area contributed by atoms with Gasteiger partial charge in [-0.2, -0.15) is 0 Å². The van der Waals surface area contributed by atoms with E-state index in [1.54, 1.807) is 34.9 Å². The Morgan fingerprint density at radius 2 is 1.94 bits per heavy atom. The van der Waals surface area contributed by atoms with Gasteiger partial charge in [-0.05, 0) is 42.1 Å². The van der Waals surface area contributed by atoms with Gasteiger partial charge in [-0.15, -0.1) is 15.3 Å². The van der Waals surface area contributed by atoms with E-state index < -0.39 is 11.1 Å². The molecule has 0 aliphatic rings. The molecule has 0 aliphatic heterocycles. The summed E-state index contributed by atoms with van der Waals surface area (Å²) in [5.74, 6) is 0.599. The largest absolute Gasteiger partial charge is 0.345 e. The Balaban J connectivity index is 1.60. The van der Waals surface area contributed by atoms with Crippen LogP contribution in [-0.4, -0.2) is 39.7 Å². The third-order valence-electron chi connectivity index (χ3n) is 4.94. The number of para-hydroxylation sites is 1. The highest BCUT2D eigenvalue weighted by atomic mass is 32.2. The predicted octanol–water partition coefficient (Wildman–Crippen LogP) is 3.67. The van der Waals surface area contributed by atoms with Gasteiger partial charge in [0.1, 0.15) is 23.8 Å². The van der Waals surface area contributed by atoms with Crippen LogP contribution in [0.5, 0.6) is 0 Å². The predicted molar refractivity (Wildman–Crippen MR) is 122 cm³/mol. The molecular formula is C21H17N9O2S. The Bertz CT molecular complexity index is 1430. The van der Waals surface area contributed by atoms with Gasteiger partial charge in [0.15, 0.2) is 5.16 Å². The van der Waals surface area contributed by atoms with Gasteiger partial charge in [0.05, 0.1) is 15.3 Å². The van der Waals surface area contributed by atoms with Crippen molar-refractivity contribution in [1.82, 2.24) is 34.7 Å². The Morgan fingerprint density at radius 3 is 2.70 bits per heavy atom. The molecule has 0 spiro atoms. The first-order chi connectivity index (χ1) is 16.1. The van der Waals surface area contributed by atoms with Crippen LogP contribution in [-0.2, 0) is 7.05 Å². The van der Waals surface area contributed by atoms with Gasteiger partial charge >= 0.3 is 0 Å². The average Bonchev–Trinajstić information content (AvgIpc) is 3.44. The van der Waals surface area contributed by atoms with Crippen LogP contribution in [0.4, 0.5) is 11.5 Å². The van der Waals surface area contributed by atoms with Crippen LogP contribution in [0.3, 0.4) is 0 Å². The molecule has 1 N–H and O–H groups in total. The number of hydrogen-bond acceptors (Lipinski definition) is 9. The fraction of sp³-hybridized carbons (Fsp3) is 0.0952. The zero-order valence-electron chi connectivity index (χ0n) is 17.3. The summed E-state index contributed by atoms with van der Waals surface area (Å²) in [5.41, 5.74) is 2.09. The van der Waals surface area contributed by atoms with E-state index in [0.717, 1.165) is 5.52 Å². The summed E-state index contributed by atoms with van der Waals surface area (Å²) < 4.78 is 3.40.